The molecule has 2 unspecified atom stereocenters. The molecule has 1 aromatic carbocycles. The Morgan fingerprint density at radius 1 is 1.29 bits per heavy atom. The Hall–Kier alpha value is -0.680. The molecule has 0 aliphatic carbocycles. The van der Waals surface area contributed by atoms with E-state index in [0.717, 1.165) is 29.2 Å². The van der Waals surface area contributed by atoms with Crippen molar-refractivity contribution in [1.82, 2.24) is 15.2 Å². The monoisotopic (exact) mass is 323 g/mol. The van der Waals surface area contributed by atoms with Crippen molar-refractivity contribution in [1.29, 1.82) is 0 Å². The second-order valence-corrected chi connectivity index (χ2v) is 7.43. The fourth-order valence-electron chi connectivity index (χ4n) is 3.60. The Balaban J connectivity index is 0.00000132. The number of aromatic nitrogens is 1. The molecule has 3 heterocycles. The van der Waals surface area contributed by atoms with Gasteiger partial charge in [-0.1, -0.05) is 6.07 Å². The van der Waals surface area contributed by atoms with E-state index in [0.29, 0.717) is 0 Å². The van der Waals surface area contributed by atoms with Crippen molar-refractivity contribution in [2.24, 2.45) is 0 Å². The average molecular weight is 324 g/mol. The van der Waals surface area contributed by atoms with Gasteiger partial charge >= 0.3 is 0 Å². The lowest BCUT2D eigenvalue weighted by Crippen LogP contribution is -2.34. The first-order valence-corrected chi connectivity index (χ1v) is 8.42. The van der Waals surface area contributed by atoms with E-state index in [4.69, 9.17) is 0 Å². The summed E-state index contributed by atoms with van der Waals surface area (Å²) in [5.74, 6) is 0. The Morgan fingerprint density at radius 2 is 2.14 bits per heavy atom. The standard InChI is InChI=1S/C16H21N3S.ClH/c1-11-17-15-5-2-12(8-16(15)20-11)9-19-7-6-13-3-4-14(10-19)18-13;/h2,5,8,13-14,18H,3-4,6-7,9-10H2,1H3;1H. The molecule has 0 radical (unpaired) electrons. The predicted molar refractivity (Wildman–Crippen MR) is 91.4 cm³/mol. The molecule has 2 fully saturated rings. The maximum absolute atomic E-state index is 4.54. The third kappa shape index (κ3) is 3.24. The summed E-state index contributed by atoms with van der Waals surface area (Å²) >= 11 is 1.80. The molecule has 114 valence electrons. The van der Waals surface area contributed by atoms with Gasteiger partial charge in [0.2, 0.25) is 0 Å². The van der Waals surface area contributed by atoms with Crippen LogP contribution in [0.15, 0.2) is 18.2 Å². The first kappa shape index (κ1) is 15.2. The van der Waals surface area contributed by atoms with Crippen LogP contribution in [0.25, 0.3) is 10.2 Å². The molecule has 2 aliphatic rings. The van der Waals surface area contributed by atoms with Gasteiger partial charge < -0.3 is 5.32 Å². The van der Waals surface area contributed by atoms with Crippen molar-refractivity contribution < 1.29 is 0 Å². The van der Waals surface area contributed by atoms with Crippen molar-refractivity contribution in [3.05, 3.63) is 28.8 Å². The molecule has 3 nitrogen and oxygen atoms in total. The molecule has 5 heteroatoms. The summed E-state index contributed by atoms with van der Waals surface area (Å²) < 4.78 is 1.33. The highest BCUT2D eigenvalue weighted by molar-refractivity contribution is 7.18. The molecule has 0 amide bonds. The summed E-state index contributed by atoms with van der Waals surface area (Å²) in [5.41, 5.74) is 2.58. The molecule has 0 spiro atoms. The number of likely N-dealkylation sites (tertiary alicyclic amines) is 1. The molecule has 21 heavy (non-hydrogen) atoms. The minimum atomic E-state index is 0. The van der Waals surface area contributed by atoms with Crippen molar-refractivity contribution in [3.63, 3.8) is 0 Å². The minimum Gasteiger partial charge on any atom is -0.310 e. The van der Waals surface area contributed by atoms with E-state index in [1.54, 1.807) is 11.3 Å². The van der Waals surface area contributed by atoms with Crippen LogP contribution in [0.2, 0.25) is 0 Å². The molecule has 2 atom stereocenters. The third-order valence-corrected chi connectivity index (χ3v) is 5.51. The highest BCUT2D eigenvalue weighted by atomic mass is 35.5. The summed E-state index contributed by atoms with van der Waals surface area (Å²) in [6, 6.07) is 8.25. The zero-order valence-corrected chi connectivity index (χ0v) is 14.0. The number of nitrogens with zero attached hydrogens (tertiary/aromatic N) is 2. The molecule has 2 bridgehead atoms. The summed E-state index contributed by atoms with van der Waals surface area (Å²) in [7, 11) is 0. The third-order valence-electron chi connectivity index (χ3n) is 4.57. The van der Waals surface area contributed by atoms with Crippen LogP contribution < -0.4 is 5.32 Å². The Labute approximate surface area is 136 Å². The highest BCUT2D eigenvalue weighted by Crippen LogP contribution is 2.25. The maximum atomic E-state index is 4.54. The molecule has 0 saturated carbocycles. The summed E-state index contributed by atoms with van der Waals surface area (Å²) in [4.78, 5) is 7.16. The Bertz CT molecular complexity index is 627. The number of hydrogen-bond donors (Lipinski definition) is 1. The van der Waals surface area contributed by atoms with E-state index in [-0.39, 0.29) is 12.4 Å². The number of rotatable bonds is 2. The number of aryl methyl sites for hydroxylation is 1. The number of halogens is 1. The van der Waals surface area contributed by atoms with Gasteiger partial charge in [0, 0.05) is 31.7 Å². The number of hydrogen-bond acceptors (Lipinski definition) is 4. The number of nitrogens with one attached hydrogen (secondary N) is 1. The summed E-state index contributed by atoms with van der Waals surface area (Å²) in [5, 5.41) is 4.91. The van der Waals surface area contributed by atoms with Crippen molar-refractivity contribution in [2.75, 3.05) is 13.1 Å². The second-order valence-electron chi connectivity index (χ2n) is 6.20. The molecule has 1 aromatic heterocycles. The number of fused-ring (bicyclic) bond motifs is 3. The molecular weight excluding hydrogens is 302 g/mol. The van der Waals surface area contributed by atoms with Crippen LogP contribution in [0.1, 0.15) is 29.8 Å². The lowest BCUT2D eigenvalue weighted by molar-refractivity contribution is 0.251. The minimum absolute atomic E-state index is 0. The summed E-state index contributed by atoms with van der Waals surface area (Å²) in [6.45, 7) is 5.60. The van der Waals surface area contributed by atoms with E-state index >= 15 is 0 Å². The van der Waals surface area contributed by atoms with Gasteiger partial charge in [-0.25, -0.2) is 4.98 Å². The van der Waals surface area contributed by atoms with Crippen LogP contribution >= 0.6 is 23.7 Å². The fourth-order valence-corrected chi connectivity index (χ4v) is 4.49. The number of benzene rings is 1. The van der Waals surface area contributed by atoms with Crippen LogP contribution in [-0.4, -0.2) is 35.1 Å². The molecular formula is C16H22ClN3S. The van der Waals surface area contributed by atoms with Gasteiger partial charge in [-0.2, -0.15) is 0 Å². The van der Waals surface area contributed by atoms with Gasteiger partial charge in [0.15, 0.2) is 0 Å². The van der Waals surface area contributed by atoms with E-state index in [9.17, 15) is 0 Å². The van der Waals surface area contributed by atoms with Crippen LogP contribution in [-0.2, 0) is 6.54 Å². The molecule has 2 saturated heterocycles. The van der Waals surface area contributed by atoms with Gasteiger partial charge in [0.1, 0.15) is 0 Å². The summed E-state index contributed by atoms with van der Waals surface area (Å²) in [6.07, 6.45) is 4.04. The highest BCUT2D eigenvalue weighted by Gasteiger charge is 2.29. The van der Waals surface area contributed by atoms with Crippen LogP contribution in [0.5, 0.6) is 0 Å². The van der Waals surface area contributed by atoms with Gasteiger partial charge in [-0.15, -0.1) is 23.7 Å². The SMILES string of the molecule is Cc1nc2ccc(CN3CCC4CCC(C3)N4)cc2s1.Cl. The van der Waals surface area contributed by atoms with Crippen LogP contribution in [0.3, 0.4) is 0 Å². The fraction of sp³-hybridized carbons (Fsp3) is 0.562. The van der Waals surface area contributed by atoms with Crippen molar-refractivity contribution in [2.45, 2.75) is 44.8 Å². The van der Waals surface area contributed by atoms with Gasteiger partial charge in [-0.3, -0.25) is 4.90 Å². The van der Waals surface area contributed by atoms with E-state index in [1.165, 1.54) is 42.6 Å². The molecule has 2 aromatic rings. The van der Waals surface area contributed by atoms with E-state index in [1.807, 2.05) is 0 Å². The van der Waals surface area contributed by atoms with E-state index in [2.05, 4.69) is 40.3 Å². The molecule has 1 N–H and O–H groups in total. The largest absolute Gasteiger partial charge is 0.310 e. The van der Waals surface area contributed by atoms with Crippen molar-refractivity contribution in [3.8, 4) is 0 Å². The zero-order valence-electron chi connectivity index (χ0n) is 12.3. The van der Waals surface area contributed by atoms with Crippen molar-refractivity contribution >= 4 is 34.0 Å². The Morgan fingerprint density at radius 3 is 3.05 bits per heavy atom. The van der Waals surface area contributed by atoms with E-state index < -0.39 is 0 Å². The average Bonchev–Trinajstić information content (AvgIpc) is 2.94. The predicted octanol–water partition coefficient (Wildman–Crippen LogP) is 3.35. The topological polar surface area (TPSA) is 28.2 Å². The van der Waals surface area contributed by atoms with Crippen LogP contribution in [0.4, 0.5) is 0 Å². The zero-order chi connectivity index (χ0) is 13.5. The first-order chi connectivity index (χ1) is 9.76. The lowest BCUT2D eigenvalue weighted by Gasteiger charge is -2.23. The molecule has 4 rings (SSSR count). The first-order valence-electron chi connectivity index (χ1n) is 7.61. The van der Waals surface area contributed by atoms with Gasteiger partial charge in [0.25, 0.3) is 0 Å². The Kier molecular flexibility index (Phi) is 4.50. The normalized spacial score (nSPS) is 25.8. The lowest BCUT2D eigenvalue weighted by atomic mass is 10.1. The molecule has 2 aliphatic heterocycles. The van der Waals surface area contributed by atoms with Gasteiger partial charge in [-0.05, 0) is 43.9 Å². The van der Waals surface area contributed by atoms with Crippen LogP contribution in [0, 0.1) is 6.92 Å². The quantitative estimate of drug-likeness (QED) is 0.918. The van der Waals surface area contributed by atoms with Gasteiger partial charge in [0.05, 0.1) is 15.2 Å². The second kappa shape index (κ2) is 6.21. The number of thiazole rings is 1. The maximum Gasteiger partial charge on any atom is 0.0907 e. The smallest absolute Gasteiger partial charge is 0.0907 e.